The van der Waals surface area contributed by atoms with Crippen LogP contribution in [0.3, 0.4) is 0 Å². The number of benzene rings is 3. The molecule has 3 aromatic carbocycles. The molecule has 1 N–H and O–H groups in total. The maximum atomic E-state index is 12.6. The van der Waals surface area contributed by atoms with Crippen LogP contribution in [0.5, 0.6) is 0 Å². The molecule has 146 valence electrons. The maximum absolute atomic E-state index is 12.6. The van der Waals surface area contributed by atoms with E-state index in [4.69, 9.17) is 0 Å². The van der Waals surface area contributed by atoms with E-state index in [9.17, 15) is 13.2 Å². The Morgan fingerprint density at radius 1 is 0.964 bits per heavy atom. The number of sulfonamides is 1. The van der Waals surface area contributed by atoms with Gasteiger partial charge in [0, 0.05) is 24.7 Å². The molecule has 0 aliphatic rings. The number of hydrogen-bond acceptors (Lipinski definition) is 4. The highest BCUT2D eigenvalue weighted by molar-refractivity contribution is 8.00. The van der Waals surface area contributed by atoms with E-state index in [2.05, 4.69) is 17.4 Å². The second kappa shape index (κ2) is 8.34. The van der Waals surface area contributed by atoms with Crippen LogP contribution in [0.15, 0.2) is 76.5 Å². The summed E-state index contributed by atoms with van der Waals surface area (Å²) in [6.45, 7) is 1.83. The Bertz CT molecular complexity index is 1110. The number of amides is 1. The summed E-state index contributed by atoms with van der Waals surface area (Å²) >= 11 is 1.46. The second-order valence-corrected chi connectivity index (χ2v) is 10.1. The van der Waals surface area contributed by atoms with E-state index in [1.54, 1.807) is 12.1 Å². The molecule has 0 aliphatic heterocycles. The SMILES string of the molecule is CC(Sc1ccc2ccccc2c1)C(=O)Nc1cccc(S(=O)(=O)N(C)C)c1. The van der Waals surface area contributed by atoms with Gasteiger partial charge in [-0.1, -0.05) is 36.4 Å². The first-order valence-electron chi connectivity index (χ1n) is 8.76. The normalized spacial score (nSPS) is 12.9. The van der Waals surface area contributed by atoms with Gasteiger partial charge in [0.15, 0.2) is 0 Å². The summed E-state index contributed by atoms with van der Waals surface area (Å²) in [5, 5.41) is 4.75. The van der Waals surface area contributed by atoms with Crippen LogP contribution in [0.2, 0.25) is 0 Å². The summed E-state index contributed by atoms with van der Waals surface area (Å²) in [5.74, 6) is -0.183. The number of hydrogen-bond donors (Lipinski definition) is 1. The molecule has 0 bridgehead atoms. The number of carbonyl (C=O) groups excluding carboxylic acids is 1. The number of thioether (sulfide) groups is 1. The fraction of sp³-hybridized carbons (Fsp3) is 0.190. The molecule has 1 amide bonds. The molecule has 5 nitrogen and oxygen atoms in total. The Hall–Kier alpha value is -2.35. The van der Waals surface area contributed by atoms with Gasteiger partial charge in [0.1, 0.15) is 0 Å². The van der Waals surface area contributed by atoms with Gasteiger partial charge in [-0.05, 0) is 48.0 Å². The molecule has 3 aromatic rings. The van der Waals surface area contributed by atoms with Crippen LogP contribution in [0, 0.1) is 0 Å². The molecule has 3 rings (SSSR count). The van der Waals surface area contributed by atoms with E-state index in [-0.39, 0.29) is 16.1 Å². The number of rotatable bonds is 6. The van der Waals surface area contributed by atoms with Gasteiger partial charge in [0.2, 0.25) is 15.9 Å². The molecule has 0 aromatic heterocycles. The minimum absolute atomic E-state index is 0.144. The van der Waals surface area contributed by atoms with E-state index < -0.39 is 10.0 Å². The van der Waals surface area contributed by atoms with Gasteiger partial charge in [-0.15, -0.1) is 11.8 Å². The summed E-state index contributed by atoms with van der Waals surface area (Å²) in [5.41, 5.74) is 0.457. The minimum atomic E-state index is -3.55. The minimum Gasteiger partial charge on any atom is -0.325 e. The fourth-order valence-electron chi connectivity index (χ4n) is 2.69. The van der Waals surface area contributed by atoms with Crippen molar-refractivity contribution in [3.8, 4) is 0 Å². The third-order valence-electron chi connectivity index (χ3n) is 4.28. The first kappa shape index (κ1) is 20.4. The van der Waals surface area contributed by atoms with Crippen LogP contribution in [-0.4, -0.2) is 38.0 Å². The zero-order valence-corrected chi connectivity index (χ0v) is 17.5. The van der Waals surface area contributed by atoms with Crippen LogP contribution in [0.1, 0.15) is 6.92 Å². The number of anilines is 1. The lowest BCUT2D eigenvalue weighted by Crippen LogP contribution is -2.24. The number of carbonyl (C=O) groups is 1. The highest BCUT2D eigenvalue weighted by Gasteiger charge is 2.19. The molecular weight excluding hydrogens is 392 g/mol. The Balaban J connectivity index is 1.72. The predicted octanol–water partition coefficient (Wildman–Crippen LogP) is 4.21. The van der Waals surface area contributed by atoms with Crippen molar-refractivity contribution in [2.24, 2.45) is 0 Å². The zero-order valence-electron chi connectivity index (χ0n) is 15.9. The predicted molar refractivity (Wildman–Crippen MR) is 115 cm³/mol. The number of fused-ring (bicyclic) bond motifs is 1. The third kappa shape index (κ3) is 4.55. The van der Waals surface area contributed by atoms with Gasteiger partial charge in [0.05, 0.1) is 10.1 Å². The number of nitrogens with one attached hydrogen (secondary N) is 1. The van der Waals surface area contributed by atoms with Crippen molar-refractivity contribution in [3.05, 3.63) is 66.7 Å². The average molecular weight is 415 g/mol. The molecule has 7 heteroatoms. The Morgan fingerprint density at radius 3 is 2.39 bits per heavy atom. The van der Waals surface area contributed by atoms with Crippen LogP contribution >= 0.6 is 11.8 Å². The van der Waals surface area contributed by atoms with Gasteiger partial charge in [-0.2, -0.15) is 0 Å². The lowest BCUT2D eigenvalue weighted by atomic mass is 10.1. The molecule has 0 radical (unpaired) electrons. The molecule has 1 atom stereocenters. The largest absolute Gasteiger partial charge is 0.325 e. The molecule has 0 heterocycles. The Morgan fingerprint density at radius 2 is 1.68 bits per heavy atom. The average Bonchev–Trinajstić information content (AvgIpc) is 2.68. The summed E-state index contributed by atoms with van der Waals surface area (Å²) in [6, 6.07) is 20.5. The Kier molecular flexibility index (Phi) is 6.07. The highest BCUT2D eigenvalue weighted by atomic mass is 32.2. The maximum Gasteiger partial charge on any atom is 0.242 e. The van der Waals surface area contributed by atoms with E-state index >= 15 is 0 Å². The smallest absolute Gasteiger partial charge is 0.242 e. The van der Waals surface area contributed by atoms with Crippen molar-refractivity contribution in [3.63, 3.8) is 0 Å². The third-order valence-corrected chi connectivity index (χ3v) is 7.19. The van der Waals surface area contributed by atoms with Crippen molar-refractivity contribution in [2.45, 2.75) is 22.0 Å². The van der Waals surface area contributed by atoms with Gasteiger partial charge in [0.25, 0.3) is 0 Å². The summed E-state index contributed by atoms with van der Waals surface area (Å²) < 4.78 is 25.7. The first-order chi connectivity index (χ1) is 13.3. The fourth-order valence-corrected chi connectivity index (χ4v) is 4.55. The van der Waals surface area contributed by atoms with Crippen LogP contribution in [-0.2, 0) is 14.8 Å². The molecule has 0 saturated heterocycles. The van der Waals surface area contributed by atoms with Crippen molar-refractivity contribution < 1.29 is 13.2 Å². The molecule has 0 aliphatic carbocycles. The van der Waals surface area contributed by atoms with Crippen molar-refractivity contribution >= 4 is 44.2 Å². The van der Waals surface area contributed by atoms with Gasteiger partial charge in [-0.3, -0.25) is 4.79 Å². The topological polar surface area (TPSA) is 66.5 Å². The van der Waals surface area contributed by atoms with Gasteiger partial charge >= 0.3 is 0 Å². The van der Waals surface area contributed by atoms with Crippen molar-refractivity contribution in [2.75, 3.05) is 19.4 Å². The van der Waals surface area contributed by atoms with Crippen LogP contribution < -0.4 is 5.32 Å². The molecule has 0 spiro atoms. The summed E-state index contributed by atoms with van der Waals surface area (Å²) in [6.07, 6.45) is 0. The zero-order chi connectivity index (χ0) is 20.3. The lowest BCUT2D eigenvalue weighted by Gasteiger charge is -2.15. The van der Waals surface area contributed by atoms with Crippen LogP contribution in [0.25, 0.3) is 10.8 Å². The summed E-state index contributed by atoms with van der Waals surface area (Å²) in [4.78, 5) is 13.7. The van der Waals surface area contributed by atoms with Crippen LogP contribution in [0.4, 0.5) is 5.69 Å². The van der Waals surface area contributed by atoms with Gasteiger partial charge in [-0.25, -0.2) is 12.7 Å². The Labute approximate surface area is 169 Å². The second-order valence-electron chi connectivity index (χ2n) is 6.57. The standard InChI is InChI=1S/C21H22N2O3S2/c1-15(27-19-12-11-16-7-4-5-8-17(16)13-19)21(24)22-18-9-6-10-20(14-18)28(25,26)23(2)3/h4-15H,1-3H3,(H,22,24). The molecule has 28 heavy (non-hydrogen) atoms. The quantitative estimate of drug-likeness (QED) is 0.614. The van der Waals surface area contributed by atoms with E-state index in [1.165, 1.54) is 38.0 Å². The lowest BCUT2D eigenvalue weighted by molar-refractivity contribution is -0.115. The van der Waals surface area contributed by atoms with E-state index in [0.29, 0.717) is 5.69 Å². The molecular formula is C21H22N2O3S2. The van der Waals surface area contributed by atoms with Gasteiger partial charge < -0.3 is 5.32 Å². The van der Waals surface area contributed by atoms with E-state index in [0.717, 1.165) is 20.0 Å². The number of nitrogens with zero attached hydrogens (tertiary/aromatic N) is 1. The monoisotopic (exact) mass is 414 g/mol. The molecule has 1 unspecified atom stereocenters. The first-order valence-corrected chi connectivity index (χ1v) is 11.1. The van der Waals surface area contributed by atoms with Crippen molar-refractivity contribution in [1.29, 1.82) is 0 Å². The summed E-state index contributed by atoms with van der Waals surface area (Å²) in [7, 11) is -0.598. The molecule has 0 fully saturated rings. The highest BCUT2D eigenvalue weighted by Crippen LogP contribution is 2.28. The van der Waals surface area contributed by atoms with Crippen molar-refractivity contribution in [1.82, 2.24) is 4.31 Å². The molecule has 0 saturated carbocycles. The van der Waals surface area contributed by atoms with E-state index in [1.807, 2.05) is 37.3 Å².